The van der Waals surface area contributed by atoms with Gasteiger partial charge in [0.15, 0.2) is 5.13 Å². The molecule has 3 nitrogen and oxygen atoms in total. The van der Waals surface area contributed by atoms with E-state index >= 15 is 0 Å². The van der Waals surface area contributed by atoms with Gasteiger partial charge >= 0.3 is 0 Å². The van der Waals surface area contributed by atoms with Crippen LogP contribution in [0.1, 0.15) is 16.9 Å². The van der Waals surface area contributed by atoms with Crippen molar-refractivity contribution in [3.63, 3.8) is 0 Å². The number of thiazole rings is 1. The van der Waals surface area contributed by atoms with Crippen molar-refractivity contribution >= 4 is 22.2 Å². The minimum Gasteiger partial charge on any atom is -0.318 e. The fourth-order valence-corrected chi connectivity index (χ4v) is 3.37. The van der Waals surface area contributed by atoms with E-state index < -0.39 is 0 Å². The fourth-order valence-electron chi connectivity index (χ4n) is 2.41. The Bertz CT molecular complexity index is 535. The summed E-state index contributed by atoms with van der Waals surface area (Å²) >= 11 is 1.78. The summed E-state index contributed by atoms with van der Waals surface area (Å²) in [4.78, 5) is 8.20. The molecule has 18 heavy (non-hydrogen) atoms. The highest BCUT2D eigenvalue weighted by atomic mass is 32.1. The first-order valence-corrected chi connectivity index (χ1v) is 7.15. The number of fused-ring (bicyclic) bond motifs is 1. The molecule has 2 heterocycles. The number of hydrogen-bond acceptors (Lipinski definition) is 4. The van der Waals surface area contributed by atoms with Crippen molar-refractivity contribution in [1.82, 2.24) is 10.3 Å². The SMILES string of the molecule is CNCc1cnc(N2CCCc3ccccc32)s1. The molecule has 0 amide bonds. The van der Waals surface area contributed by atoms with E-state index in [0.717, 1.165) is 18.2 Å². The van der Waals surface area contributed by atoms with Crippen LogP contribution < -0.4 is 10.2 Å². The highest BCUT2D eigenvalue weighted by molar-refractivity contribution is 7.15. The average molecular weight is 259 g/mol. The Balaban J connectivity index is 1.92. The molecule has 4 heteroatoms. The average Bonchev–Trinajstić information content (AvgIpc) is 2.87. The lowest BCUT2D eigenvalue weighted by Crippen LogP contribution is -2.24. The number of nitrogens with zero attached hydrogens (tertiary/aromatic N) is 2. The van der Waals surface area contributed by atoms with Crippen LogP contribution in [0, 0.1) is 0 Å². The Morgan fingerprint density at radius 1 is 1.39 bits per heavy atom. The minimum absolute atomic E-state index is 0.896. The van der Waals surface area contributed by atoms with Gasteiger partial charge in [-0.1, -0.05) is 18.2 Å². The maximum Gasteiger partial charge on any atom is 0.190 e. The largest absolute Gasteiger partial charge is 0.318 e. The van der Waals surface area contributed by atoms with Crippen LogP contribution in [-0.2, 0) is 13.0 Å². The first-order chi connectivity index (χ1) is 8.88. The number of rotatable bonds is 3. The Hall–Kier alpha value is -1.39. The van der Waals surface area contributed by atoms with E-state index in [9.17, 15) is 0 Å². The Morgan fingerprint density at radius 3 is 3.17 bits per heavy atom. The summed E-state index contributed by atoms with van der Waals surface area (Å²) < 4.78 is 0. The van der Waals surface area contributed by atoms with Crippen LogP contribution >= 0.6 is 11.3 Å². The van der Waals surface area contributed by atoms with Crippen molar-refractivity contribution in [3.05, 3.63) is 40.9 Å². The molecule has 2 aromatic rings. The topological polar surface area (TPSA) is 28.2 Å². The monoisotopic (exact) mass is 259 g/mol. The smallest absolute Gasteiger partial charge is 0.190 e. The number of nitrogens with one attached hydrogen (secondary N) is 1. The molecule has 0 aliphatic carbocycles. The van der Waals surface area contributed by atoms with E-state index in [1.54, 1.807) is 11.3 Å². The van der Waals surface area contributed by atoms with Gasteiger partial charge in [-0.2, -0.15) is 0 Å². The van der Waals surface area contributed by atoms with E-state index in [0.29, 0.717) is 0 Å². The molecule has 0 unspecified atom stereocenters. The van der Waals surface area contributed by atoms with Gasteiger partial charge < -0.3 is 10.2 Å². The molecule has 1 aliphatic heterocycles. The number of anilines is 2. The van der Waals surface area contributed by atoms with Crippen LogP contribution in [0.3, 0.4) is 0 Å². The predicted octanol–water partition coefficient (Wildman–Crippen LogP) is 2.95. The van der Waals surface area contributed by atoms with Gasteiger partial charge in [0.2, 0.25) is 0 Å². The van der Waals surface area contributed by atoms with Crippen LogP contribution in [0.2, 0.25) is 0 Å². The van der Waals surface area contributed by atoms with E-state index in [-0.39, 0.29) is 0 Å². The zero-order chi connectivity index (χ0) is 12.4. The first-order valence-electron chi connectivity index (χ1n) is 6.33. The summed E-state index contributed by atoms with van der Waals surface area (Å²) in [5, 5.41) is 4.29. The normalized spacial score (nSPS) is 14.6. The highest BCUT2D eigenvalue weighted by Crippen LogP contribution is 2.35. The molecule has 3 rings (SSSR count). The second kappa shape index (κ2) is 5.08. The third-order valence-electron chi connectivity index (χ3n) is 3.23. The summed E-state index contributed by atoms with van der Waals surface area (Å²) in [6.07, 6.45) is 4.37. The van der Waals surface area contributed by atoms with E-state index in [2.05, 4.69) is 39.5 Å². The van der Waals surface area contributed by atoms with Gasteiger partial charge in [-0.25, -0.2) is 4.98 Å². The van der Waals surface area contributed by atoms with Crippen LogP contribution in [0.5, 0.6) is 0 Å². The van der Waals surface area contributed by atoms with Crippen molar-refractivity contribution in [1.29, 1.82) is 0 Å². The van der Waals surface area contributed by atoms with Crippen molar-refractivity contribution < 1.29 is 0 Å². The van der Waals surface area contributed by atoms with Crippen molar-refractivity contribution in [3.8, 4) is 0 Å². The molecule has 0 spiro atoms. The second-order valence-corrected chi connectivity index (χ2v) is 5.62. The van der Waals surface area contributed by atoms with Crippen LogP contribution in [0.4, 0.5) is 10.8 Å². The minimum atomic E-state index is 0.896. The highest BCUT2D eigenvalue weighted by Gasteiger charge is 2.19. The van der Waals surface area contributed by atoms with Gasteiger partial charge in [0, 0.05) is 29.9 Å². The number of para-hydroxylation sites is 1. The summed E-state index contributed by atoms with van der Waals surface area (Å²) in [5.41, 5.74) is 2.77. The molecule has 0 atom stereocenters. The fraction of sp³-hybridized carbons (Fsp3) is 0.357. The number of hydrogen-bond donors (Lipinski definition) is 1. The van der Waals surface area contributed by atoms with Gasteiger partial charge in [0.05, 0.1) is 0 Å². The second-order valence-electron chi connectivity index (χ2n) is 4.52. The van der Waals surface area contributed by atoms with Crippen molar-refractivity contribution in [2.24, 2.45) is 0 Å². The molecule has 94 valence electrons. The van der Waals surface area contributed by atoms with Gasteiger partial charge in [0.1, 0.15) is 0 Å². The Morgan fingerprint density at radius 2 is 2.28 bits per heavy atom. The van der Waals surface area contributed by atoms with E-state index in [4.69, 9.17) is 0 Å². The lowest BCUT2D eigenvalue weighted by molar-refractivity contribution is 0.765. The summed E-state index contributed by atoms with van der Waals surface area (Å²) in [6, 6.07) is 8.66. The molecule has 0 fully saturated rings. The Labute approximate surface area is 111 Å². The van der Waals surface area contributed by atoms with Crippen LogP contribution in [-0.4, -0.2) is 18.6 Å². The third-order valence-corrected chi connectivity index (χ3v) is 4.25. The number of aryl methyl sites for hydroxylation is 1. The maximum absolute atomic E-state index is 4.56. The third kappa shape index (κ3) is 2.13. The maximum atomic E-state index is 4.56. The van der Waals surface area contributed by atoms with Gasteiger partial charge in [0.25, 0.3) is 0 Å². The zero-order valence-corrected chi connectivity index (χ0v) is 11.3. The summed E-state index contributed by atoms with van der Waals surface area (Å²) in [5.74, 6) is 0. The summed E-state index contributed by atoms with van der Waals surface area (Å²) in [7, 11) is 1.97. The summed E-state index contributed by atoms with van der Waals surface area (Å²) in [6.45, 7) is 1.97. The predicted molar refractivity (Wildman–Crippen MR) is 76.6 cm³/mol. The quantitative estimate of drug-likeness (QED) is 0.918. The molecule has 0 saturated carbocycles. The van der Waals surface area contributed by atoms with Crippen molar-refractivity contribution in [2.45, 2.75) is 19.4 Å². The molecule has 0 bridgehead atoms. The lowest BCUT2D eigenvalue weighted by Gasteiger charge is -2.28. The molecule has 1 N–H and O–H groups in total. The molecule has 1 aromatic carbocycles. The first kappa shape index (κ1) is 11.7. The van der Waals surface area contributed by atoms with Gasteiger partial charge in [-0.05, 0) is 31.5 Å². The van der Waals surface area contributed by atoms with Crippen LogP contribution in [0.25, 0.3) is 0 Å². The molecular weight excluding hydrogens is 242 g/mol. The van der Waals surface area contributed by atoms with Gasteiger partial charge in [-0.3, -0.25) is 0 Å². The number of benzene rings is 1. The molecule has 0 saturated heterocycles. The van der Waals surface area contributed by atoms with E-state index in [1.165, 1.54) is 29.0 Å². The molecular formula is C14H17N3S. The Kier molecular flexibility index (Phi) is 3.30. The van der Waals surface area contributed by atoms with Gasteiger partial charge in [-0.15, -0.1) is 11.3 Å². The number of aromatic nitrogens is 1. The van der Waals surface area contributed by atoms with Crippen LogP contribution in [0.15, 0.2) is 30.5 Å². The van der Waals surface area contributed by atoms with E-state index in [1.807, 2.05) is 13.2 Å². The lowest BCUT2D eigenvalue weighted by atomic mass is 10.0. The zero-order valence-electron chi connectivity index (χ0n) is 10.5. The molecule has 1 aliphatic rings. The molecule has 1 aromatic heterocycles. The molecule has 0 radical (unpaired) electrons. The standard InChI is InChI=1S/C14H17N3S/c1-15-9-12-10-16-14(18-12)17-8-4-6-11-5-2-3-7-13(11)17/h2-3,5,7,10,15H,4,6,8-9H2,1H3. The van der Waals surface area contributed by atoms with Crippen molar-refractivity contribution in [2.75, 3.05) is 18.5 Å².